The fourth-order valence-electron chi connectivity index (χ4n) is 3.99. The Kier molecular flexibility index (Phi) is 9.24. The fourth-order valence-corrected chi connectivity index (χ4v) is 3.99. The molecule has 0 aromatic carbocycles. The van der Waals surface area contributed by atoms with Crippen LogP contribution in [0.5, 0.6) is 0 Å². The van der Waals surface area contributed by atoms with Crippen LogP contribution >= 0.6 is 0 Å². The van der Waals surface area contributed by atoms with E-state index in [1.165, 1.54) is 16.7 Å². The van der Waals surface area contributed by atoms with E-state index in [0.717, 1.165) is 11.1 Å². The molecule has 0 radical (unpaired) electrons. The lowest BCUT2D eigenvalue weighted by molar-refractivity contribution is -0.300. The van der Waals surface area contributed by atoms with Crippen molar-refractivity contribution in [1.29, 1.82) is 0 Å². The lowest BCUT2D eigenvalue weighted by Gasteiger charge is -2.39. The van der Waals surface area contributed by atoms with Crippen molar-refractivity contribution in [2.75, 3.05) is 26.4 Å². The number of nitrogens with one attached hydrogen (secondary N) is 1. The van der Waals surface area contributed by atoms with Gasteiger partial charge in [0.1, 0.15) is 24.4 Å². The van der Waals surface area contributed by atoms with Crippen molar-refractivity contribution in [3.63, 3.8) is 0 Å². The highest BCUT2D eigenvalue weighted by molar-refractivity contribution is 5.74. The topological polar surface area (TPSA) is 138 Å². The summed E-state index contributed by atoms with van der Waals surface area (Å²) in [5, 5.41) is 41.2. The molecule has 1 saturated heterocycles. The van der Waals surface area contributed by atoms with E-state index in [-0.39, 0.29) is 19.8 Å². The van der Waals surface area contributed by atoms with Crippen LogP contribution in [-0.4, -0.2) is 83.6 Å². The van der Waals surface area contributed by atoms with E-state index in [9.17, 15) is 25.2 Å². The molecule has 5 N–H and O–H groups in total. The predicted molar refractivity (Wildman–Crippen MR) is 125 cm³/mol. The molecular formula is C25H35NO8. The van der Waals surface area contributed by atoms with Crippen LogP contribution in [0.2, 0.25) is 0 Å². The highest BCUT2D eigenvalue weighted by Gasteiger charge is 2.43. The van der Waals surface area contributed by atoms with Crippen LogP contribution in [-0.2, 0) is 20.6 Å². The Morgan fingerprint density at radius 2 is 1.82 bits per heavy atom. The molecule has 0 bridgehead atoms. The van der Waals surface area contributed by atoms with Crippen molar-refractivity contribution in [3.8, 4) is 11.1 Å². The normalized spacial score (nSPS) is 25.0. The van der Waals surface area contributed by atoms with E-state index in [0.29, 0.717) is 12.3 Å². The molecule has 9 heteroatoms. The second-order valence-electron chi connectivity index (χ2n) is 8.88. The Bertz CT molecular complexity index is 918. The van der Waals surface area contributed by atoms with Crippen LogP contribution in [0.1, 0.15) is 36.5 Å². The third-order valence-corrected chi connectivity index (χ3v) is 6.12. The first-order chi connectivity index (χ1) is 16.2. The van der Waals surface area contributed by atoms with Gasteiger partial charge in [0.2, 0.25) is 0 Å². The largest absolute Gasteiger partial charge is 0.449 e. The maximum absolute atomic E-state index is 12.0. The monoisotopic (exact) mass is 477 g/mol. The van der Waals surface area contributed by atoms with Gasteiger partial charge in [-0.1, -0.05) is 44.2 Å². The molecule has 1 aliphatic heterocycles. The van der Waals surface area contributed by atoms with Gasteiger partial charge in [-0.2, -0.15) is 0 Å². The van der Waals surface area contributed by atoms with E-state index >= 15 is 0 Å². The molecule has 3 rings (SSSR count). The van der Waals surface area contributed by atoms with Crippen molar-refractivity contribution < 1.29 is 39.4 Å². The zero-order valence-corrected chi connectivity index (χ0v) is 19.8. The van der Waals surface area contributed by atoms with Crippen LogP contribution in [0.25, 0.3) is 11.1 Å². The van der Waals surface area contributed by atoms with Gasteiger partial charge in [0.15, 0.2) is 6.29 Å². The van der Waals surface area contributed by atoms with Gasteiger partial charge in [-0.3, -0.25) is 0 Å². The number of aryl methyl sites for hydroxylation is 1. The Labute approximate surface area is 199 Å². The van der Waals surface area contributed by atoms with E-state index in [1.54, 1.807) is 0 Å². The molecule has 0 saturated carbocycles. The van der Waals surface area contributed by atoms with Gasteiger partial charge in [0.25, 0.3) is 0 Å². The van der Waals surface area contributed by atoms with Gasteiger partial charge in [0.05, 0.1) is 19.8 Å². The number of aliphatic hydroxyl groups is 4. The Morgan fingerprint density at radius 3 is 2.53 bits per heavy atom. The number of alkyl carbamates (subject to hydrolysis) is 1. The molecule has 0 spiro atoms. The smallest absolute Gasteiger partial charge is 0.407 e. The summed E-state index contributed by atoms with van der Waals surface area (Å²) in [7, 11) is 0. The first kappa shape index (κ1) is 26.3. The van der Waals surface area contributed by atoms with Gasteiger partial charge in [-0.25, -0.2) is 4.79 Å². The summed E-state index contributed by atoms with van der Waals surface area (Å²) in [5.74, 6) is 0.407. The zero-order valence-electron chi connectivity index (χ0n) is 19.8. The predicted octanol–water partition coefficient (Wildman–Crippen LogP) is 1.31. The lowest BCUT2D eigenvalue weighted by Crippen LogP contribution is -2.59. The summed E-state index contributed by atoms with van der Waals surface area (Å²) < 4.78 is 15.9. The van der Waals surface area contributed by atoms with Crippen molar-refractivity contribution in [1.82, 2.24) is 5.32 Å². The lowest BCUT2D eigenvalue weighted by atomic mass is 9.99. The van der Waals surface area contributed by atoms with E-state index < -0.39 is 43.4 Å². The molecule has 1 fully saturated rings. The minimum atomic E-state index is -1.51. The third-order valence-electron chi connectivity index (χ3n) is 6.12. The number of amides is 1. The average molecular weight is 478 g/mol. The summed E-state index contributed by atoms with van der Waals surface area (Å²) in [5.41, 5.74) is 5.93. The molecule has 188 valence electrons. The molecule has 3 aliphatic rings. The van der Waals surface area contributed by atoms with Gasteiger partial charge >= 0.3 is 6.09 Å². The highest BCUT2D eigenvalue weighted by Crippen LogP contribution is 2.32. The molecule has 1 heterocycles. The van der Waals surface area contributed by atoms with Crippen LogP contribution in [0.15, 0.2) is 30.3 Å². The van der Waals surface area contributed by atoms with Crippen molar-refractivity contribution in [3.05, 3.63) is 47.0 Å². The highest BCUT2D eigenvalue weighted by atomic mass is 16.7. The Morgan fingerprint density at radius 1 is 1.06 bits per heavy atom. The second-order valence-corrected chi connectivity index (χ2v) is 8.88. The van der Waals surface area contributed by atoms with Crippen LogP contribution in [0, 0.1) is 6.92 Å². The molecule has 5 atom stereocenters. The minimum absolute atomic E-state index is 0.0301. The van der Waals surface area contributed by atoms with E-state index in [1.807, 2.05) is 0 Å². The first-order valence-corrected chi connectivity index (χ1v) is 11.6. The van der Waals surface area contributed by atoms with E-state index in [2.05, 4.69) is 56.4 Å². The van der Waals surface area contributed by atoms with Crippen LogP contribution < -0.4 is 5.32 Å². The molecule has 1 amide bonds. The summed E-state index contributed by atoms with van der Waals surface area (Å²) in [6.07, 6.45) is -6.76. The molecule has 2 aliphatic carbocycles. The van der Waals surface area contributed by atoms with Gasteiger partial charge in [-0.15, -0.1) is 0 Å². The molecular weight excluding hydrogens is 442 g/mol. The number of ether oxygens (including phenoxy) is 3. The number of hydrogen-bond donors (Lipinski definition) is 5. The van der Waals surface area contributed by atoms with Crippen LogP contribution in [0.4, 0.5) is 4.79 Å². The summed E-state index contributed by atoms with van der Waals surface area (Å²) in [6.45, 7) is 6.13. The number of hydrogen-bond acceptors (Lipinski definition) is 8. The van der Waals surface area contributed by atoms with Gasteiger partial charge < -0.3 is 40.0 Å². The number of carbonyl (C=O) groups is 1. The standard InChI is InChI=1S/C25H35NO8/c1-14(2)17-6-5-16(18-7-4-15(3)19(18)12-17)8-10-33-25(31)26-9-11-32-24-23(30)22(29)21(28)20(13-27)34-24/h4-7,12,14,20-24,27-30H,8-11,13H2,1-3H3,(H,26,31)/t20-,21-,22+,23+,24+/m1/s1. The number of fused-ring (bicyclic) bond motifs is 1. The maximum atomic E-state index is 12.0. The summed E-state index contributed by atoms with van der Waals surface area (Å²) >= 11 is 0. The number of rotatable bonds is 9. The first-order valence-electron chi connectivity index (χ1n) is 11.6. The third kappa shape index (κ3) is 6.24. The molecule has 9 nitrogen and oxygen atoms in total. The molecule has 0 unspecified atom stereocenters. The maximum Gasteiger partial charge on any atom is 0.407 e. The number of aliphatic hydroxyl groups excluding tert-OH is 4. The number of carbonyl (C=O) groups excluding carboxylic acids is 1. The SMILES string of the molecule is Cc1ccc2c(CCOC(=O)NCCO[C@H]3O[C@H](CO)[C@@H](O)[C@H](O)[C@@H]3O)ccc(C(C)C)cc1-2. The van der Waals surface area contributed by atoms with Crippen LogP contribution in [0.3, 0.4) is 0 Å². The van der Waals surface area contributed by atoms with E-state index in [4.69, 9.17) is 14.2 Å². The average Bonchev–Trinajstić information content (AvgIpc) is 3.06. The summed E-state index contributed by atoms with van der Waals surface area (Å²) in [4.78, 5) is 12.0. The molecule has 34 heavy (non-hydrogen) atoms. The van der Waals surface area contributed by atoms with Crippen molar-refractivity contribution >= 4 is 6.09 Å². The minimum Gasteiger partial charge on any atom is -0.449 e. The van der Waals surface area contributed by atoms with Crippen molar-refractivity contribution in [2.45, 2.75) is 63.8 Å². The fraction of sp³-hybridized carbons (Fsp3) is 0.560. The Balaban J connectivity index is 1.44. The molecule has 0 aromatic rings. The molecule has 0 aromatic heterocycles. The zero-order chi connectivity index (χ0) is 24.8. The van der Waals surface area contributed by atoms with Gasteiger partial charge in [0, 0.05) is 13.0 Å². The van der Waals surface area contributed by atoms with Crippen molar-refractivity contribution in [2.24, 2.45) is 0 Å². The quantitative estimate of drug-likeness (QED) is 0.341. The summed E-state index contributed by atoms with van der Waals surface area (Å²) in [6, 6.07) is 10.6. The Hall–Kier alpha value is -2.27. The second kappa shape index (κ2) is 11.9. The van der Waals surface area contributed by atoms with Gasteiger partial charge in [-0.05, 0) is 40.7 Å².